The van der Waals surface area contributed by atoms with Crippen molar-refractivity contribution in [1.82, 2.24) is 0 Å². The number of unbranched alkanes of at least 4 members (excludes halogenated alkanes) is 6. The zero-order chi connectivity index (χ0) is 7.66. The van der Waals surface area contributed by atoms with E-state index in [1.807, 2.05) is 0 Å². The minimum atomic E-state index is 0. The van der Waals surface area contributed by atoms with Crippen LogP contribution in [0, 0.1) is 0 Å². The first-order valence-electron chi connectivity index (χ1n) is 4.62. The lowest BCUT2D eigenvalue weighted by atomic mass is 10.1. The fourth-order valence-corrected chi connectivity index (χ4v) is 1.10. The molecule has 0 radical (unpaired) electrons. The molecule has 0 aromatic heterocycles. The summed E-state index contributed by atoms with van der Waals surface area (Å²) in [5.41, 5.74) is 5.37. The van der Waals surface area contributed by atoms with Crippen LogP contribution in [0.1, 0.15) is 51.9 Å². The van der Waals surface area contributed by atoms with Crippen LogP contribution in [-0.2, 0) is 0 Å². The molecule has 11 heavy (non-hydrogen) atoms. The van der Waals surface area contributed by atoms with Gasteiger partial charge in [0.05, 0.1) is 0 Å². The topological polar surface area (TPSA) is 26.0 Å². The van der Waals surface area contributed by atoms with Gasteiger partial charge in [-0.2, -0.15) is 13.5 Å². The van der Waals surface area contributed by atoms with E-state index in [-0.39, 0.29) is 13.5 Å². The van der Waals surface area contributed by atoms with Crippen LogP contribution in [0.4, 0.5) is 0 Å². The van der Waals surface area contributed by atoms with E-state index in [2.05, 4.69) is 6.92 Å². The zero-order valence-corrected chi connectivity index (χ0v) is 8.73. The van der Waals surface area contributed by atoms with E-state index in [0.717, 1.165) is 6.54 Å². The molecule has 0 atom stereocenters. The molecule has 0 fully saturated rings. The molecule has 0 aromatic rings. The standard InChI is InChI=1S/C9H21N.H2S/c1-2-3-4-5-6-7-8-9-10;/h2-10H2,1H3;1H2. The monoisotopic (exact) mass is 177 g/mol. The normalized spacial score (nSPS) is 9.27. The van der Waals surface area contributed by atoms with E-state index in [1.54, 1.807) is 0 Å². The van der Waals surface area contributed by atoms with Crippen LogP contribution in [0.2, 0.25) is 0 Å². The van der Waals surface area contributed by atoms with E-state index in [9.17, 15) is 0 Å². The Morgan fingerprint density at radius 1 is 0.818 bits per heavy atom. The third-order valence-electron chi connectivity index (χ3n) is 1.81. The summed E-state index contributed by atoms with van der Waals surface area (Å²) in [6.45, 7) is 3.12. The lowest BCUT2D eigenvalue weighted by molar-refractivity contribution is 0.593. The molecule has 2 heteroatoms. The molecule has 70 valence electrons. The molecule has 0 heterocycles. The van der Waals surface area contributed by atoms with Gasteiger partial charge in [0.1, 0.15) is 0 Å². The largest absolute Gasteiger partial charge is 0.330 e. The quantitative estimate of drug-likeness (QED) is 0.595. The molecule has 0 aliphatic rings. The van der Waals surface area contributed by atoms with E-state index in [4.69, 9.17) is 5.73 Å². The molecule has 1 nitrogen and oxygen atoms in total. The lowest BCUT2D eigenvalue weighted by Gasteiger charge is -1.97. The number of hydrogen-bond donors (Lipinski definition) is 1. The van der Waals surface area contributed by atoms with E-state index < -0.39 is 0 Å². The van der Waals surface area contributed by atoms with Gasteiger partial charge in [-0.15, -0.1) is 0 Å². The Balaban J connectivity index is 0. The molecule has 0 spiro atoms. The maximum Gasteiger partial charge on any atom is -0.00773 e. The summed E-state index contributed by atoms with van der Waals surface area (Å²) in [7, 11) is 0. The van der Waals surface area contributed by atoms with Crippen molar-refractivity contribution >= 4 is 13.5 Å². The van der Waals surface area contributed by atoms with Crippen molar-refractivity contribution in [2.75, 3.05) is 6.54 Å². The van der Waals surface area contributed by atoms with Crippen molar-refractivity contribution in [2.45, 2.75) is 51.9 Å². The van der Waals surface area contributed by atoms with Gasteiger partial charge in [0, 0.05) is 0 Å². The summed E-state index contributed by atoms with van der Waals surface area (Å²) in [6.07, 6.45) is 9.51. The maximum atomic E-state index is 5.37. The van der Waals surface area contributed by atoms with E-state index >= 15 is 0 Å². The molecule has 0 aliphatic heterocycles. The Morgan fingerprint density at radius 3 is 1.73 bits per heavy atom. The zero-order valence-electron chi connectivity index (χ0n) is 7.73. The lowest BCUT2D eigenvalue weighted by Crippen LogP contribution is -1.97. The second-order valence-corrected chi connectivity index (χ2v) is 2.91. The highest BCUT2D eigenvalue weighted by Crippen LogP contribution is 2.05. The Hall–Kier alpha value is 0.310. The molecule has 0 aliphatic carbocycles. The fourth-order valence-electron chi connectivity index (χ4n) is 1.10. The molecule has 0 saturated carbocycles. The molecule has 0 amide bonds. The summed E-state index contributed by atoms with van der Waals surface area (Å²) >= 11 is 0. The van der Waals surface area contributed by atoms with Crippen molar-refractivity contribution in [1.29, 1.82) is 0 Å². The molecule has 0 saturated heterocycles. The van der Waals surface area contributed by atoms with Gasteiger partial charge in [0.2, 0.25) is 0 Å². The van der Waals surface area contributed by atoms with Gasteiger partial charge in [-0.05, 0) is 13.0 Å². The summed E-state index contributed by atoms with van der Waals surface area (Å²) in [5, 5.41) is 0. The van der Waals surface area contributed by atoms with Crippen LogP contribution >= 0.6 is 13.5 Å². The highest BCUT2D eigenvalue weighted by atomic mass is 32.1. The van der Waals surface area contributed by atoms with Gasteiger partial charge in [-0.25, -0.2) is 0 Å². The SMILES string of the molecule is CCCCCCCCCN.S. The molecule has 0 unspecified atom stereocenters. The van der Waals surface area contributed by atoms with Crippen LogP contribution in [0.25, 0.3) is 0 Å². The van der Waals surface area contributed by atoms with Crippen molar-refractivity contribution in [3.63, 3.8) is 0 Å². The third-order valence-corrected chi connectivity index (χ3v) is 1.81. The maximum absolute atomic E-state index is 5.37. The number of rotatable bonds is 7. The molecule has 0 aromatic carbocycles. The minimum absolute atomic E-state index is 0. The molecular formula is C9H23NS. The summed E-state index contributed by atoms with van der Waals surface area (Å²) < 4.78 is 0. The van der Waals surface area contributed by atoms with Crippen molar-refractivity contribution in [3.8, 4) is 0 Å². The van der Waals surface area contributed by atoms with Crippen LogP contribution in [-0.4, -0.2) is 6.54 Å². The fraction of sp³-hybridized carbons (Fsp3) is 1.00. The van der Waals surface area contributed by atoms with Gasteiger partial charge >= 0.3 is 0 Å². The van der Waals surface area contributed by atoms with Gasteiger partial charge in [-0.1, -0.05) is 45.4 Å². The van der Waals surface area contributed by atoms with Crippen LogP contribution in [0.3, 0.4) is 0 Å². The van der Waals surface area contributed by atoms with Gasteiger partial charge in [-0.3, -0.25) is 0 Å². The Morgan fingerprint density at radius 2 is 1.27 bits per heavy atom. The van der Waals surface area contributed by atoms with Crippen molar-refractivity contribution in [2.24, 2.45) is 5.73 Å². The highest BCUT2D eigenvalue weighted by Gasteiger charge is 1.87. The third kappa shape index (κ3) is 13.3. The predicted molar refractivity (Wildman–Crippen MR) is 57.4 cm³/mol. The second-order valence-electron chi connectivity index (χ2n) is 2.91. The van der Waals surface area contributed by atoms with Crippen molar-refractivity contribution in [3.05, 3.63) is 0 Å². The second kappa shape index (κ2) is 12.9. The molecule has 0 bridgehead atoms. The van der Waals surface area contributed by atoms with E-state index in [0.29, 0.717) is 0 Å². The Labute approximate surface area is 78.2 Å². The smallest absolute Gasteiger partial charge is 0.00773 e. The summed E-state index contributed by atoms with van der Waals surface area (Å²) in [6, 6.07) is 0. The first-order chi connectivity index (χ1) is 4.91. The van der Waals surface area contributed by atoms with Crippen LogP contribution in [0.15, 0.2) is 0 Å². The van der Waals surface area contributed by atoms with Gasteiger partial charge < -0.3 is 5.73 Å². The summed E-state index contributed by atoms with van der Waals surface area (Å²) in [4.78, 5) is 0. The molecule has 0 rings (SSSR count). The molecule has 2 N–H and O–H groups in total. The van der Waals surface area contributed by atoms with Crippen LogP contribution < -0.4 is 5.73 Å². The average Bonchev–Trinajstić information content (AvgIpc) is 1.97. The Bertz CT molecular complexity index is 49.5. The van der Waals surface area contributed by atoms with Crippen LogP contribution in [0.5, 0.6) is 0 Å². The first-order valence-corrected chi connectivity index (χ1v) is 4.62. The van der Waals surface area contributed by atoms with Gasteiger partial charge in [0.15, 0.2) is 0 Å². The van der Waals surface area contributed by atoms with Gasteiger partial charge in [0.25, 0.3) is 0 Å². The van der Waals surface area contributed by atoms with E-state index in [1.165, 1.54) is 44.9 Å². The minimum Gasteiger partial charge on any atom is -0.330 e. The predicted octanol–water partition coefficient (Wildman–Crippen LogP) is 2.81. The van der Waals surface area contributed by atoms with Crippen molar-refractivity contribution < 1.29 is 0 Å². The summed E-state index contributed by atoms with van der Waals surface area (Å²) in [5.74, 6) is 0. The molecular weight excluding hydrogens is 154 g/mol. The number of nitrogens with two attached hydrogens (primary N) is 1. The highest BCUT2D eigenvalue weighted by molar-refractivity contribution is 7.59. The average molecular weight is 177 g/mol. The first kappa shape index (κ1) is 13.9. The Kier molecular flexibility index (Phi) is 16.3. The number of hydrogen-bond acceptors (Lipinski definition) is 1.